The van der Waals surface area contributed by atoms with E-state index < -0.39 is 24.0 Å². The number of nitrogens with zero attached hydrogens (tertiary/aromatic N) is 2. The number of ether oxygens (including phenoxy) is 1. The van der Waals surface area contributed by atoms with Crippen molar-refractivity contribution in [2.45, 2.75) is 24.9 Å². The molecule has 110 valence electrons. The highest BCUT2D eigenvalue weighted by Gasteiger charge is 2.35. The minimum Gasteiger partial charge on any atom is -0.394 e. The van der Waals surface area contributed by atoms with Gasteiger partial charge in [-0.3, -0.25) is 9.78 Å². The highest BCUT2D eigenvalue weighted by molar-refractivity contribution is 5.83. The van der Waals surface area contributed by atoms with Crippen LogP contribution in [0.3, 0.4) is 0 Å². The van der Waals surface area contributed by atoms with Crippen LogP contribution in [0.1, 0.15) is 18.2 Å². The molecule has 0 saturated carbocycles. The van der Waals surface area contributed by atoms with Crippen LogP contribution < -0.4 is 11.3 Å². The molecule has 1 saturated heterocycles. The van der Waals surface area contributed by atoms with Crippen LogP contribution in [0.2, 0.25) is 0 Å². The molecule has 0 amide bonds. The van der Waals surface area contributed by atoms with E-state index in [0.29, 0.717) is 11.2 Å². The van der Waals surface area contributed by atoms with Gasteiger partial charge in [0, 0.05) is 12.6 Å². The molecule has 3 atom stereocenters. The summed E-state index contributed by atoms with van der Waals surface area (Å²) in [4.78, 5) is 18.5. The molecule has 0 aliphatic carbocycles. The van der Waals surface area contributed by atoms with E-state index in [4.69, 9.17) is 22.0 Å². The van der Waals surface area contributed by atoms with Gasteiger partial charge in [-0.15, -0.1) is 6.42 Å². The highest BCUT2D eigenvalue weighted by Crippen LogP contribution is 2.31. The predicted octanol–water partition coefficient (Wildman–Crippen LogP) is -1.07. The first-order chi connectivity index (χ1) is 10.0. The van der Waals surface area contributed by atoms with E-state index in [0.717, 1.165) is 0 Å². The number of H-pyrrole nitrogens is 1. The van der Waals surface area contributed by atoms with E-state index in [2.05, 4.69) is 15.9 Å². The summed E-state index contributed by atoms with van der Waals surface area (Å²) >= 11 is 0. The van der Waals surface area contributed by atoms with E-state index in [-0.39, 0.29) is 24.4 Å². The Hall–Kier alpha value is -2.34. The number of aliphatic hydroxyl groups excluding tert-OH is 2. The molecule has 8 nitrogen and oxygen atoms in total. The number of nitrogen functional groups attached to an aromatic ring is 1. The molecule has 0 bridgehead atoms. The zero-order chi connectivity index (χ0) is 15.1. The van der Waals surface area contributed by atoms with Crippen molar-refractivity contribution in [1.82, 2.24) is 14.5 Å². The van der Waals surface area contributed by atoms with E-state index >= 15 is 0 Å². The van der Waals surface area contributed by atoms with Gasteiger partial charge in [-0.1, -0.05) is 5.92 Å². The summed E-state index contributed by atoms with van der Waals surface area (Å²) in [5, 5.41) is 19.2. The monoisotopic (exact) mass is 290 g/mol. The van der Waals surface area contributed by atoms with Crippen molar-refractivity contribution < 1.29 is 14.9 Å². The quantitative estimate of drug-likeness (QED) is 0.522. The van der Waals surface area contributed by atoms with Gasteiger partial charge < -0.3 is 25.3 Å². The van der Waals surface area contributed by atoms with Crippen molar-refractivity contribution in [3.05, 3.63) is 22.1 Å². The number of rotatable bonds is 2. The van der Waals surface area contributed by atoms with Crippen LogP contribution in [-0.4, -0.2) is 43.6 Å². The Balaban J connectivity index is 2.16. The highest BCUT2D eigenvalue weighted by atomic mass is 16.5. The molecule has 3 rings (SSSR count). The molecule has 0 spiro atoms. The lowest BCUT2D eigenvalue weighted by Gasteiger charge is -2.14. The molecule has 1 unspecified atom stereocenters. The first-order valence-electron chi connectivity index (χ1n) is 6.36. The van der Waals surface area contributed by atoms with Crippen LogP contribution in [0.4, 0.5) is 5.95 Å². The average Bonchev–Trinajstić information content (AvgIpc) is 2.98. The van der Waals surface area contributed by atoms with Crippen LogP contribution >= 0.6 is 0 Å². The smallest absolute Gasteiger partial charge is 0.263 e. The Morgan fingerprint density at radius 3 is 3.05 bits per heavy atom. The lowest BCUT2D eigenvalue weighted by atomic mass is 10.2. The number of nitrogens with one attached hydrogen (secondary N) is 1. The zero-order valence-corrected chi connectivity index (χ0v) is 11.0. The number of anilines is 1. The number of nitrogens with two attached hydrogens (primary N) is 1. The van der Waals surface area contributed by atoms with Gasteiger partial charge in [0.1, 0.15) is 12.3 Å². The molecule has 0 aromatic carbocycles. The van der Waals surface area contributed by atoms with Gasteiger partial charge in [-0.25, -0.2) is 0 Å². The second-order valence-corrected chi connectivity index (χ2v) is 4.86. The van der Waals surface area contributed by atoms with Gasteiger partial charge in [-0.05, 0) is 0 Å². The predicted molar refractivity (Wildman–Crippen MR) is 74.3 cm³/mol. The Labute approximate surface area is 119 Å². The van der Waals surface area contributed by atoms with Gasteiger partial charge in [0.05, 0.1) is 23.7 Å². The minimum atomic E-state index is -0.800. The molecule has 8 heteroatoms. The van der Waals surface area contributed by atoms with E-state index in [9.17, 15) is 9.90 Å². The molecule has 1 fully saturated rings. The van der Waals surface area contributed by atoms with Crippen LogP contribution in [-0.2, 0) is 4.74 Å². The van der Waals surface area contributed by atoms with E-state index in [1.807, 2.05) is 0 Å². The lowest BCUT2D eigenvalue weighted by Crippen LogP contribution is -2.24. The maximum Gasteiger partial charge on any atom is 0.263 e. The molecule has 5 N–H and O–H groups in total. The molecule has 2 aromatic rings. The summed E-state index contributed by atoms with van der Waals surface area (Å²) in [6.07, 6.45) is 5.17. The molecule has 2 aromatic heterocycles. The third-order valence-electron chi connectivity index (χ3n) is 3.55. The second kappa shape index (κ2) is 4.89. The summed E-state index contributed by atoms with van der Waals surface area (Å²) in [7, 11) is 0. The fourth-order valence-electron chi connectivity index (χ4n) is 2.55. The van der Waals surface area contributed by atoms with Crippen LogP contribution in [0.15, 0.2) is 11.0 Å². The number of aliphatic hydroxyl groups is 2. The van der Waals surface area contributed by atoms with Gasteiger partial charge in [0.15, 0.2) is 5.65 Å². The topological polar surface area (TPSA) is 126 Å². The van der Waals surface area contributed by atoms with Crippen molar-refractivity contribution in [1.29, 1.82) is 0 Å². The average molecular weight is 290 g/mol. The maximum atomic E-state index is 12.0. The fraction of sp³-hybridized carbons (Fsp3) is 0.385. The van der Waals surface area contributed by atoms with Gasteiger partial charge in [0.2, 0.25) is 5.95 Å². The first-order valence-corrected chi connectivity index (χ1v) is 6.36. The molecule has 1 aliphatic rings. The maximum absolute atomic E-state index is 12.0. The molecular formula is C13H14N4O4. The van der Waals surface area contributed by atoms with Gasteiger partial charge >= 0.3 is 0 Å². The van der Waals surface area contributed by atoms with E-state index in [1.165, 1.54) is 0 Å². The largest absolute Gasteiger partial charge is 0.394 e. The Morgan fingerprint density at radius 2 is 2.43 bits per heavy atom. The van der Waals surface area contributed by atoms with Crippen molar-refractivity contribution in [2.75, 3.05) is 12.3 Å². The lowest BCUT2D eigenvalue weighted by molar-refractivity contribution is -0.0430. The Bertz CT molecular complexity index is 788. The number of terminal acetylenes is 1. The SMILES string of the molecule is C#Cc1cn([C@H]2C[C@@H](O)C(CO)O2)c2nc(N)[nH]c(=O)c12. The Kier molecular flexibility index (Phi) is 3.17. The van der Waals surface area contributed by atoms with Crippen molar-refractivity contribution in [2.24, 2.45) is 0 Å². The third kappa shape index (κ3) is 2.08. The number of hydrogen-bond donors (Lipinski definition) is 4. The zero-order valence-electron chi connectivity index (χ0n) is 11.0. The number of hydrogen-bond acceptors (Lipinski definition) is 6. The minimum absolute atomic E-state index is 0.0346. The van der Waals surface area contributed by atoms with Crippen LogP contribution in [0.25, 0.3) is 11.0 Å². The molecule has 0 radical (unpaired) electrons. The number of aromatic nitrogens is 3. The summed E-state index contributed by atoms with van der Waals surface area (Å²) < 4.78 is 7.12. The number of aromatic amines is 1. The van der Waals surface area contributed by atoms with Crippen molar-refractivity contribution in [3.8, 4) is 12.3 Å². The molecule has 3 heterocycles. The normalized spacial score (nSPS) is 25.3. The van der Waals surface area contributed by atoms with Gasteiger partial charge in [-0.2, -0.15) is 4.98 Å². The molecular weight excluding hydrogens is 276 g/mol. The van der Waals surface area contributed by atoms with E-state index in [1.54, 1.807) is 10.8 Å². The summed E-state index contributed by atoms with van der Waals surface area (Å²) in [5.41, 5.74) is 5.79. The second-order valence-electron chi connectivity index (χ2n) is 4.86. The number of fused-ring (bicyclic) bond motifs is 1. The fourth-order valence-corrected chi connectivity index (χ4v) is 2.55. The summed E-state index contributed by atoms with van der Waals surface area (Å²) in [5.74, 6) is 2.39. The van der Waals surface area contributed by atoms with Crippen molar-refractivity contribution >= 4 is 17.0 Å². The Morgan fingerprint density at radius 1 is 1.67 bits per heavy atom. The standard InChI is InChI=1S/C13H14N4O4/c1-2-6-4-17(9-3-7(19)8(5-18)21-9)11-10(6)12(20)16-13(14)15-11/h1,4,7-9,18-19H,3,5H2,(H3,14,15,16,20)/t7-,8?,9-/m1/s1. The van der Waals surface area contributed by atoms with Crippen molar-refractivity contribution in [3.63, 3.8) is 0 Å². The van der Waals surface area contributed by atoms with Gasteiger partial charge in [0.25, 0.3) is 5.56 Å². The summed E-state index contributed by atoms with van der Waals surface area (Å²) in [6.45, 7) is -0.297. The van der Waals surface area contributed by atoms with Crippen LogP contribution in [0.5, 0.6) is 0 Å². The summed E-state index contributed by atoms with van der Waals surface area (Å²) in [6, 6.07) is 0. The molecule has 21 heavy (non-hydrogen) atoms. The first kappa shape index (κ1) is 13.6. The van der Waals surface area contributed by atoms with Crippen LogP contribution in [0, 0.1) is 12.3 Å². The molecule has 1 aliphatic heterocycles. The third-order valence-corrected chi connectivity index (χ3v) is 3.55.